The molecule has 1 heterocycles. The predicted molar refractivity (Wildman–Crippen MR) is 75.5 cm³/mol. The van der Waals surface area contributed by atoms with Gasteiger partial charge in [-0.3, -0.25) is 4.79 Å². The summed E-state index contributed by atoms with van der Waals surface area (Å²) in [7, 11) is 0. The molecule has 4 heteroatoms. The van der Waals surface area contributed by atoms with Crippen LogP contribution in [0.2, 0.25) is 5.02 Å². The van der Waals surface area contributed by atoms with E-state index in [1.54, 1.807) is 19.1 Å². The number of fused-ring (bicyclic) bond motifs is 1. The lowest BCUT2D eigenvalue weighted by atomic mass is 10.1. The van der Waals surface area contributed by atoms with Crippen molar-refractivity contribution in [1.29, 1.82) is 0 Å². The minimum absolute atomic E-state index is 0.294. The Morgan fingerprint density at radius 3 is 2.63 bits per heavy atom. The smallest absolute Gasteiger partial charge is 0.316 e. The number of hydrogen-bond acceptors (Lipinski definition) is 3. The molecule has 0 spiro atoms. The first-order chi connectivity index (χ1) is 8.76. The van der Waals surface area contributed by atoms with Crippen LogP contribution in [0.15, 0.2) is 28.7 Å². The second-order valence-corrected chi connectivity index (χ2v) is 6.02. The second-order valence-electron chi connectivity index (χ2n) is 5.59. The van der Waals surface area contributed by atoms with Gasteiger partial charge in [0.1, 0.15) is 22.9 Å². The van der Waals surface area contributed by atoms with Gasteiger partial charge in [-0.25, -0.2) is 0 Å². The Bertz CT molecular complexity index is 607. The quantitative estimate of drug-likeness (QED) is 0.759. The van der Waals surface area contributed by atoms with Crippen LogP contribution in [0.4, 0.5) is 0 Å². The number of carbonyl (C=O) groups is 1. The van der Waals surface area contributed by atoms with Gasteiger partial charge in [0.05, 0.1) is 0 Å². The number of benzene rings is 1. The van der Waals surface area contributed by atoms with Crippen molar-refractivity contribution in [3.8, 4) is 0 Å². The third kappa shape index (κ3) is 3.29. The molecule has 0 aliphatic rings. The molecule has 0 amide bonds. The Morgan fingerprint density at radius 2 is 2.00 bits per heavy atom. The molecule has 1 unspecified atom stereocenters. The highest BCUT2D eigenvalue weighted by Gasteiger charge is 2.25. The van der Waals surface area contributed by atoms with Gasteiger partial charge >= 0.3 is 5.97 Å². The summed E-state index contributed by atoms with van der Waals surface area (Å²) in [6.45, 7) is 7.30. The molecule has 2 rings (SSSR count). The highest BCUT2D eigenvalue weighted by molar-refractivity contribution is 6.31. The number of rotatable bonds is 2. The summed E-state index contributed by atoms with van der Waals surface area (Å²) in [5, 5.41) is 1.53. The van der Waals surface area contributed by atoms with E-state index in [4.69, 9.17) is 20.8 Å². The molecule has 0 saturated heterocycles. The van der Waals surface area contributed by atoms with Crippen molar-refractivity contribution >= 4 is 28.5 Å². The Balaban J connectivity index is 2.26. The van der Waals surface area contributed by atoms with E-state index in [1.807, 2.05) is 32.9 Å². The van der Waals surface area contributed by atoms with Crippen LogP contribution in [0.25, 0.3) is 11.0 Å². The van der Waals surface area contributed by atoms with E-state index in [9.17, 15) is 4.79 Å². The third-order valence-electron chi connectivity index (χ3n) is 2.68. The average Bonchev–Trinajstić information content (AvgIpc) is 2.68. The van der Waals surface area contributed by atoms with Crippen LogP contribution in [0, 0.1) is 0 Å². The first-order valence-corrected chi connectivity index (χ1v) is 6.56. The van der Waals surface area contributed by atoms with Gasteiger partial charge in [0.15, 0.2) is 0 Å². The van der Waals surface area contributed by atoms with Gasteiger partial charge in [0, 0.05) is 10.4 Å². The highest BCUT2D eigenvalue weighted by Crippen LogP contribution is 2.28. The van der Waals surface area contributed by atoms with Crippen molar-refractivity contribution in [2.24, 2.45) is 0 Å². The molecule has 3 nitrogen and oxygen atoms in total. The summed E-state index contributed by atoms with van der Waals surface area (Å²) in [5.74, 6) is -0.144. The summed E-state index contributed by atoms with van der Waals surface area (Å²) in [4.78, 5) is 12.0. The molecule has 2 aromatic rings. The standard InChI is InChI=1S/C15H17ClO3/c1-9(14(17)19-15(2,3)4)13-8-10-7-11(16)5-6-12(10)18-13/h5-9H,1-4H3. The van der Waals surface area contributed by atoms with E-state index in [0.717, 1.165) is 11.0 Å². The molecule has 1 aromatic heterocycles. The Kier molecular flexibility index (Phi) is 3.59. The van der Waals surface area contributed by atoms with Crippen LogP contribution in [0.5, 0.6) is 0 Å². The maximum atomic E-state index is 12.0. The predicted octanol–water partition coefficient (Wildman–Crippen LogP) is 4.53. The van der Waals surface area contributed by atoms with E-state index in [0.29, 0.717) is 10.8 Å². The molecule has 0 saturated carbocycles. The monoisotopic (exact) mass is 280 g/mol. The maximum Gasteiger partial charge on any atom is 0.316 e. The molecule has 0 radical (unpaired) electrons. The number of carbonyl (C=O) groups excluding carboxylic acids is 1. The van der Waals surface area contributed by atoms with Gasteiger partial charge in [0.2, 0.25) is 0 Å². The molecule has 1 atom stereocenters. The largest absolute Gasteiger partial charge is 0.460 e. The maximum absolute atomic E-state index is 12.0. The molecule has 102 valence electrons. The van der Waals surface area contributed by atoms with Gasteiger partial charge < -0.3 is 9.15 Å². The van der Waals surface area contributed by atoms with Crippen molar-refractivity contribution in [3.63, 3.8) is 0 Å². The van der Waals surface area contributed by atoms with Crippen LogP contribution in [0.3, 0.4) is 0 Å². The van der Waals surface area contributed by atoms with Crippen molar-refractivity contribution in [1.82, 2.24) is 0 Å². The molecule has 0 fully saturated rings. The summed E-state index contributed by atoms with van der Waals surface area (Å²) in [6.07, 6.45) is 0. The minimum atomic E-state index is -0.499. The lowest BCUT2D eigenvalue weighted by Gasteiger charge is -2.21. The lowest BCUT2D eigenvalue weighted by molar-refractivity contribution is -0.156. The molecule has 0 N–H and O–H groups in total. The van der Waals surface area contributed by atoms with Gasteiger partial charge in [0.25, 0.3) is 0 Å². The lowest BCUT2D eigenvalue weighted by Crippen LogP contribution is -2.26. The Labute approximate surface area is 117 Å². The summed E-state index contributed by atoms with van der Waals surface area (Å²) in [5.41, 5.74) is 0.218. The van der Waals surface area contributed by atoms with Gasteiger partial charge in [-0.1, -0.05) is 11.6 Å². The normalized spacial score (nSPS) is 13.5. The molecular formula is C15H17ClO3. The van der Waals surface area contributed by atoms with Gasteiger partial charge in [-0.15, -0.1) is 0 Å². The highest BCUT2D eigenvalue weighted by atomic mass is 35.5. The minimum Gasteiger partial charge on any atom is -0.460 e. The Hall–Kier alpha value is -1.48. The number of ether oxygens (including phenoxy) is 1. The average molecular weight is 281 g/mol. The topological polar surface area (TPSA) is 39.4 Å². The first-order valence-electron chi connectivity index (χ1n) is 6.18. The fourth-order valence-electron chi connectivity index (χ4n) is 1.75. The Morgan fingerprint density at radius 1 is 1.32 bits per heavy atom. The summed E-state index contributed by atoms with van der Waals surface area (Å²) in [6, 6.07) is 7.19. The van der Waals surface area contributed by atoms with E-state index < -0.39 is 11.5 Å². The zero-order valence-corrected chi connectivity index (χ0v) is 12.2. The number of halogens is 1. The van der Waals surface area contributed by atoms with Crippen LogP contribution < -0.4 is 0 Å². The first kappa shape index (κ1) is 13.9. The second kappa shape index (κ2) is 4.89. The summed E-state index contributed by atoms with van der Waals surface area (Å²) >= 11 is 5.92. The van der Waals surface area contributed by atoms with Crippen LogP contribution >= 0.6 is 11.6 Å². The van der Waals surface area contributed by atoms with Crippen LogP contribution in [-0.4, -0.2) is 11.6 Å². The van der Waals surface area contributed by atoms with Crippen molar-refractivity contribution < 1.29 is 13.9 Å². The van der Waals surface area contributed by atoms with Crippen molar-refractivity contribution in [2.75, 3.05) is 0 Å². The zero-order chi connectivity index (χ0) is 14.2. The van der Waals surface area contributed by atoms with Gasteiger partial charge in [-0.05, 0) is 52.0 Å². The molecular weight excluding hydrogens is 264 g/mol. The van der Waals surface area contributed by atoms with Gasteiger partial charge in [-0.2, -0.15) is 0 Å². The van der Waals surface area contributed by atoms with E-state index in [2.05, 4.69) is 0 Å². The van der Waals surface area contributed by atoms with Crippen LogP contribution in [-0.2, 0) is 9.53 Å². The summed E-state index contributed by atoms with van der Waals surface area (Å²) < 4.78 is 11.0. The molecule has 1 aromatic carbocycles. The van der Waals surface area contributed by atoms with Crippen LogP contribution in [0.1, 0.15) is 39.4 Å². The van der Waals surface area contributed by atoms with Crippen molar-refractivity contribution in [3.05, 3.63) is 35.0 Å². The number of esters is 1. The third-order valence-corrected chi connectivity index (χ3v) is 2.92. The fourth-order valence-corrected chi connectivity index (χ4v) is 1.94. The molecule has 0 bridgehead atoms. The molecule has 19 heavy (non-hydrogen) atoms. The van der Waals surface area contributed by atoms with E-state index in [-0.39, 0.29) is 5.97 Å². The number of furan rings is 1. The van der Waals surface area contributed by atoms with E-state index in [1.165, 1.54) is 0 Å². The van der Waals surface area contributed by atoms with E-state index >= 15 is 0 Å². The molecule has 0 aliphatic carbocycles. The fraction of sp³-hybridized carbons (Fsp3) is 0.400. The SMILES string of the molecule is CC(C(=O)OC(C)(C)C)c1cc2cc(Cl)ccc2o1. The molecule has 0 aliphatic heterocycles. The number of hydrogen-bond donors (Lipinski definition) is 0. The van der Waals surface area contributed by atoms with Crippen molar-refractivity contribution in [2.45, 2.75) is 39.2 Å². The zero-order valence-electron chi connectivity index (χ0n) is 11.5.